The van der Waals surface area contributed by atoms with E-state index in [1.54, 1.807) is 30.3 Å². The van der Waals surface area contributed by atoms with Gasteiger partial charge in [0.2, 0.25) is 5.91 Å². The van der Waals surface area contributed by atoms with Gasteiger partial charge in [0.1, 0.15) is 0 Å². The van der Waals surface area contributed by atoms with Crippen LogP contribution in [-0.2, 0) is 4.79 Å². The van der Waals surface area contributed by atoms with E-state index in [0.717, 1.165) is 6.07 Å². The summed E-state index contributed by atoms with van der Waals surface area (Å²) in [7, 11) is 0. The van der Waals surface area contributed by atoms with Gasteiger partial charge in [-0.25, -0.2) is 4.79 Å². The van der Waals surface area contributed by atoms with Crippen LogP contribution in [0.4, 0.5) is 11.4 Å². The van der Waals surface area contributed by atoms with Crippen LogP contribution in [-0.4, -0.2) is 28.0 Å². The molecule has 0 saturated heterocycles. The molecule has 0 bridgehead atoms. The SMILES string of the molecule is CC(=O)Nc1ccccc1-c1cc2onc(C(=O)Nc3ccc(C#N)cc3C(=O)O)c2cc1C#N.[HH]. The molecule has 3 N–H and O–H groups in total. The van der Waals surface area contributed by atoms with E-state index in [1.807, 2.05) is 6.07 Å². The van der Waals surface area contributed by atoms with Crippen LogP contribution in [0.2, 0.25) is 0 Å². The molecule has 0 saturated carbocycles. The molecule has 0 fully saturated rings. The van der Waals surface area contributed by atoms with Crippen LogP contribution in [0.1, 0.15) is 40.3 Å². The number of carboxylic acids is 1. The van der Waals surface area contributed by atoms with Crippen molar-refractivity contribution in [2.45, 2.75) is 6.92 Å². The average Bonchev–Trinajstić information content (AvgIpc) is 3.26. The van der Waals surface area contributed by atoms with Gasteiger partial charge in [0.05, 0.1) is 39.9 Å². The molecular formula is C25H17N5O5. The maximum atomic E-state index is 12.9. The number of rotatable bonds is 5. The molecule has 10 heteroatoms. The number of anilines is 2. The number of fused-ring (bicyclic) bond motifs is 1. The molecule has 172 valence electrons. The minimum absolute atomic E-state index is 0. The lowest BCUT2D eigenvalue weighted by Crippen LogP contribution is -2.15. The second-order valence-corrected chi connectivity index (χ2v) is 7.40. The first-order valence-corrected chi connectivity index (χ1v) is 10.1. The summed E-state index contributed by atoms with van der Waals surface area (Å²) in [5.74, 6) is -2.36. The fourth-order valence-corrected chi connectivity index (χ4v) is 3.56. The van der Waals surface area contributed by atoms with E-state index in [1.165, 1.54) is 25.1 Å². The van der Waals surface area contributed by atoms with Crippen LogP contribution in [0.5, 0.6) is 0 Å². The third kappa shape index (κ3) is 4.40. The number of nitrogens with one attached hydrogen (secondary N) is 2. The number of para-hydroxylation sites is 1. The van der Waals surface area contributed by atoms with Crippen molar-refractivity contribution in [2.75, 3.05) is 10.6 Å². The fourth-order valence-electron chi connectivity index (χ4n) is 3.56. The molecule has 0 spiro atoms. The van der Waals surface area contributed by atoms with Gasteiger partial charge in [-0.1, -0.05) is 23.4 Å². The van der Waals surface area contributed by atoms with Crippen molar-refractivity contribution in [1.82, 2.24) is 5.16 Å². The van der Waals surface area contributed by atoms with Gasteiger partial charge in [-0.15, -0.1) is 0 Å². The topological polar surface area (TPSA) is 169 Å². The van der Waals surface area contributed by atoms with Crippen LogP contribution in [0.25, 0.3) is 22.1 Å². The highest BCUT2D eigenvalue weighted by molar-refractivity contribution is 6.13. The standard InChI is InChI=1S/C25H15N5O5.H2/c1-13(31)28-20-5-3-2-4-16(20)17-10-22-19(9-15(17)12-27)23(30-35-22)24(32)29-21-7-6-14(11-26)8-18(21)25(33)34;/h2-10H,1H3,(H,28,31)(H,29,32)(H,33,34);1H. The van der Waals surface area contributed by atoms with Crippen LogP contribution >= 0.6 is 0 Å². The highest BCUT2D eigenvalue weighted by Crippen LogP contribution is 2.34. The first kappa shape index (κ1) is 22.7. The van der Waals surface area contributed by atoms with Crippen LogP contribution in [0, 0.1) is 22.7 Å². The van der Waals surface area contributed by atoms with Gasteiger partial charge in [-0.3, -0.25) is 9.59 Å². The third-order valence-electron chi connectivity index (χ3n) is 5.10. The Morgan fingerprint density at radius 2 is 1.74 bits per heavy atom. The zero-order valence-electron chi connectivity index (χ0n) is 18.1. The van der Waals surface area contributed by atoms with Crippen molar-refractivity contribution in [3.05, 3.63) is 77.0 Å². The number of carbonyl (C=O) groups is 3. The number of hydrogen-bond acceptors (Lipinski definition) is 7. The maximum absolute atomic E-state index is 12.9. The van der Waals surface area contributed by atoms with Gasteiger partial charge >= 0.3 is 5.97 Å². The molecule has 1 heterocycles. The second kappa shape index (κ2) is 9.17. The van der Waals surface area contributed by atoms with Crippen molar-refractivity contribution < 1.29 is 25.4 Å². The Balaban J connectivity index is 0.00000361. The van der Waals surface area contributed by atoms with E-state index in [9.17, 15) is 24.8 Å². The quantitative estimate of drug-likeness (QED) is 0.388. The molecule has 3 aromatic carbocycles. The number of carbonyl (C=O) groups excluding carboxylic acids is 2. The Morgan fingerprint density at radius 3 is 2.43 bits per heavy atom. The highest BCUT2D eigenvalue weighted by Gasteiger charge is 2.22. The molecule has 0 radical (unpaired) electrons. The van der Waals surface area contributed by atoms with E-state index >= 15 is 0 Å². The van der Waals surface area contributed by atoms with Crippen molar-refractivity contribution in [2.24, 2.45) is 0 Å². The lowest BCUT2D eigenvalue weighted by Gasteiger charge is -2.11. The number of carboxylic acid groups (broad SMARTS) is 1. The Hall–Kier alpha value is -5.48. The summed E-state index contributed by atoms with van der Waals surface area (Å²) >= 11 is 0. The number of aromatic carboxylic acids is 1. The molecular weight excluding hydrogens is 450 g/mol. The van der Waals surface area contributed by atoms with Crippen LogP contribution < -0.4 is 10.6 Å². The summed E-state index contributed by atoms with van der Waals surface area (Å²) in [5.41, 5.74) is 1.63. The summed E-state index contributed by atoms with van der Waals surface area (Å²) < 4.78 is 5.34. The van der Waals surface area contributed by atoms with Gasteiger partial charge in [0.15, 0.2) is 11.3 Å². The fraction of sp³-hybridized carbons (Fsp3) is 0.0400. The van der Waals surface area contributed by atoms with Crippen molar-refractivity contribution in [3.63, 3.8) is 0 Å². The molecule has 35 heavy (non-hydrogen) atoms. The van der Waals surface area contributed by atoms with E-state index in [4.69, 9.17) is 9.78 Å². The molecule has 2 amide bonds. The Bertz CT molecular complexity index is 1610. The molecule has 10 nitrogen and oxygen atoms in total. The third-order valence-corrected chi connectivity index (χ3v) is 5.10. The molecule has 0 aliphatic rings. The summed E-state index contributed by atoms with van der Waals surface area (Å²) in [6.45, 7) is 1.37. The summed E-state index contributed by atoms with van der Waals surface area (Å²) in [6, 6.07) is 17.7. The van der Waals surface area contributed by atoms with Gasteiger partial charge < -0.3 is 20.3 Å². The molecule has 0 atom stereocenters. The van der Waals surface area contributed by atoms with Crippen LogP contribution in [0.15, 0.2) is 59.1 Å². The van der Waals surface area contributed by atoms with Gasteiger partial charge in [0, 0.05) is 25.2 Å². The number of nitrogens with zero attached hydrogens (tertiary/aromatic N) is 3. The van der Waals surface area contributed by atoms with E-state index in [0.29, 0.717) is 16.8 Å². The first-order valence-electron chi connectivity index (χ1n) is 10.1. The molecule has 4 rings (SSSR count). The molecule has 0 aliphatic heterocycles. The van der Waals surface area contributed by atoms with Crippen LogP contribution in [0.3, 0.4) is 0 Å². The molecule has 1 aromatic heterocycles. The van der Waals surface area contributed by atoms with E-state index in [2.05, 4.69) is 21.9 Å². The number of nitriles is 2. The van der Waals surface area contributed by atoms with Crippen molar-refractivity contribution >= 4 is 40.1 Å². The number of aromatic nitrogens is 1. The smallest absolute Gasteiger partial charge is 0.337 e. The minimum atomic E-state index is -1.32. The van der Waals surface area contributed by atoms with Gasteiger partial charge in [-0.2, -0.15) is 10.5 Å². The Kier molecular flexibility index (Phi) is 5.95. The Morgan fingerprint density at radius 1 is 0.971 bits per heavy atom. The number of benzene rings is 3. The monoisotopic (exact) mass is 467 g/mol. The Labute approximate surface area is 199 Å². The molecule has 4 aromatic rings. The van der Waals surface area contributed by atoms with Crippen molar-refractivity contribution in [1.29, 1.82) is 10.5 Å². The van der Waals surface area contributed by atoms with E-state index in [-0.39, 0.29) is 46.4 Å². The maximum Gasteiger partial charge on any atom is 0.337 e. The average molecular weight is 467 g/mol. The molecule has 0 unspecified atom stereocenters. The second-order valence-electron chi connectivity index (χ2n) is 7.40. The number of amides is 2. The first-order chi connectivity index (χ1) is 16.8. The van der Waals surface area contributed by atoms with Gasteiger partial charge in [0.25, 0.3) is 5.91 Å². The minimum Gasteiger partial charge on any atom is -0.478 e. The lowest BCUT2D eigenvalue weighted by atomic mass is 9.96. The number of hydrogen-bond donors (Lipinski definition) is 3. The van der Waals surface area contributed by atoms with Crippen molar-refractivity contribution in [3.8, 4) is 23.3 Å². The molecule has 0 aliphatic carbocycles. The zero-order valence-corrected chi connectivity index (χ0v) is 18.1. The lowest BCUT2D eigenvalue weighted by molar-refractivity contribution is -0.114. The largest absolute Gasteiger partial charge is 0.478 e. The summed E-state index contributed by atoms with van der Waals surface area (Å²) in [4.78, 5) is 36.1. The summed E-state index contributed by atoms with van der Waals surface area (Å²) in [5, 5.41) is 37.5. The predicted octanol–water partition coefficient (Wildman–Crippen LogP) is 4.39. The van der Waals surface area contributed by atoms with E-state index < -0.39 is 11.9 Å². The summed E-state index contributed by atoms with van der Waals surface area (Å²) in [6.07, 6.45) is 0. The zero-order chi connectivity index (χ0) is 25.1. The van der Waals surface area contributed by atoms with Gasteiger partial charge in [-0.05, 0) is 36.4 Å². The predicted molar refractivity (Wildman–Crippen MR) is 127 cm³/mol. The normalized spacial score (nSPS) is 10.3. The highest BCUT2D eigenvalue weighted by atomic mass is 16.5.